The summed E-state index contributed by atoms with van der Waals surface area (Å²) in [5.41, 5.74) is 1.51. The van der Waals surface area contributed by atoms with Crippen LogP contribution >= 0.6 is 11.3 Å². The van der Waals surface area contributed by atoms with Crippen molar-refractivity contribution in [3.05, 3.63) is 82.3 Å². The standard InChI is InChI=1S/C22H23N3O3S2/c26-22(25-14-2-6-21(25)18-4-1-12-23-16-18)17-7-9-20(10-8-17)30(27,28)24-13-11-19-5-3-15-29-19/h1,3-5,7-10,12,15-16,21,24H,2,6,11,13-14H2/t21-/m0/s1. The zero-order valence-electron chi connectivity index (χ0n) is 16.4. The maximum Gasteiger partial charge on any atom is 0.254 e. The van der Waals surface area contributed by atoms with Gasteiger partial charge < -0.3 is 4.90 Å². The Labute approximate surface area is 180 Å². The van der Waals surface area contributed by atoms with Gasteiger partial charge in [0.1, 0.15) is 0 Å². The highest BCUT2D eigenvalue weighted by molar-refractivity contribution is 7.89. The van der Waals surface area contributed by atoms with Gasteiger partial charge in [-0.3, -0.25) is 9.78 Å². The Morgan fingerprint density at radius 2 is 2.00 bits per heavy atom. The van der Waals surface area contributed by atoms with E-state index in [2.05, 4.69) is 9.71 Å². The molecular formula is C22H23N3O3S2. The molecule has 1 saturated heterocycles. The largest absolute Gasteiger partial charge is 0.332 e. The first-order valence-electron chi connectivity index (χ1n) is 9.87. The molecule has 6 nitrogen and oxygen atoms in total. The maximum absolute atomic E-state index is 13.0. The van der Waals surface area contributed by atoms with Crippen molar-refractivity contribution in [3.8, 4) is 0 Å². The summed E-state index contributed by atoms with van der Waals surface area (Å²) in [5.74, 6) is -0.0871. The lowest BCUT2D eigenvalue weighted by molar-refractivity contribution is 0.0735. The molecule has 4 rings (SSSR count). The number of benzene rings is 1. The number of carbonyl (C=O) groups is 1. The predicted octanol–water partition coefficient (Wildman–Crippen LogP) is 3.64. The van der Waals surface area contributed by atoms with Gasteiger partial charge in [-0.05, 0) is 66.6 Å². The number of carbonyl (C=O) groups excluding carboxylic acids is 1. The minimum Gasteiger partial charge on any atom is -0.332 e. The highest BCUT2D eigenvalue weighted by atomic mass is 32.2. The summed E-state index contributed by atoms with van der Waals surface area (Å²) in [6.07, 6.45) is 6.01. The smallest absolute Gasteiger partial charge is 0.254 e. The Morgan fingerprint density at radius 3 is 2.70 bits per heavy atom. The summed E-state index contributed by atoms with van der Waals surface area (Å²) in [6.45, 7) is 1.02. The second-order valence-electron chi connectivity index (χ2n) is 7.19. The van der Waals surface area contributed by atoms with Crippen molar-refractivity contribution >= 4 is 27.3 Å². The zero-order chi connectivity index (χ0) is 21.0. The van der Waals surface area contributed by atoms with Crippen molar-refractivity contribution < 1.29 is 13.2 Å². The molecule has 0 bridgehead atoms. The fraction of sp³-hybridized carbons (Fsp3) is 0.273. The normalized spacial score (nSPS) is 16.7. The first-order chi connectivity index (χ1) is 14.5. The number of pyridine rings is 1. The van der Waals surface area contributed by atoms with Crippen molar-refractivity contribution in [3.63, 3.8) is 0 Å². The topological polar surface area (TPSA) is 79.4 Å². The van der Waals surface area contributed by atoms with Crippen LogP contribution in [0.1, 0.15) is 39.7 Å². The number of nitrogens with zero attached hydrogens (tertiary/aromatic N) is 2. The van der Waals surface area contributed by atoms with E-state index in [9.17, 15) is 13.2 Å². The fourth-order valence-corrected chi connectivity index (χ4v) is 5.46. The summed E-state index contributed by atoms with van der Waals surface area (Å²) >= 11 is 1.60. The Hall–Kier alpha value is -2.55. The highest BCUT2D eigenvalue weighted by Gasteiger charge is 2.30. The van der Waals surface area contributed by atoms with Gasteiger partial charge in [0.25, 0.3) is 5.91 Å². The summed E-state index contributed by atoms with van der Waals surface area (Å²) in [7, 11) is -3.61. The number of amides is 1. The third kappa shape index (κ3) is 4.61. The third-order valence-electron chi connectivity index (χ3n) is 5.24. The van der Waals surface area contributed by atoms with Crippen LogP contribution in [0.2, 0.25) is 0 Å². The molecule has 1 N–H and O–H groups in total. The van der Waals surface area contributed by atoms with Gasteiger partial charge in [0.15, 0.2) is 0 Å². The summed E-state index contributed by atoms with van der Waals surface area (Å²) < 4.78 is 27.7. The van der Waals surface area contributed by atoms with Gasteiger partial charge in [-0.1, -0.05) is 12.1 Å². The molecule has 0 unspecified atom stereocenters. The molecule has 3 aromatic rings. The number of hydrogen-bond acceptors (Lipinski definition) is 5. The highest BCUT2D eigenvalue weighted by Crippen LogP contribution is 2.32. The minimum atomic E-state index is -3.61. The number of likely N-dealkylation sites (tertiary alicyclic amines) is 1. The van der Waals surface area contributed by atoms with Crippen molar-refractivity contribution in [2.75, 3.05) is 13.1 Å². The van der Waals surface area contributed by atoms with E-state index in [1.807, 2.05) is 34.5 Å². The van der Waals surface area contributed by atoms with Gasteiger partial charge in [0.05, 0.1) is 10.9 Å². The van der Waals surface area contributed by atoms with E-state index in [4.69, 9.17) is 0 Å². The van der Waals surface area contributed by atoms with Crippen LogP contribution in [-0.4, -0.2) is 37.3 Å². The number of sulfonamides is 1. The second-order valence-corrected chi connectivity index (χ2v) is 9.99. The van der Waals surface area contributed by atoms with E-state index in [0.717, 1.165) is 23.3 Å². The Morgan fingerprint density at radius 1 is 1.17 bits per heavy atom. The Kier molecular flexibility index (Phi) is 6.26. The molecule has 1 aromatic carbocycles. The first-order valence-corrected chi connectivity index (χ1v) is 12.2. The van der Waals surface area contributed by atoms with E-state index in [1.54, 1.807) is 35.9 Å². The molecule has 1 fully saturated rings. The average molecular weight is 442 g/mol. The van der Waals surface area contributed by atoms with E-state index < -0.39 is 10.0 Å². The quantitative estimate of drug-likeness (QED) is 0.607. The molecule has 1 amide bonds. The number of rotatable bonds is 7. The lowest BCUT2D eigenvalue weighted by Crippen LogP contribution is -2.30. The average Bonchev–Trinajstić information content (AvgIpc) is 3.46. The number of aromatic nitrogens is 1. The molecule has 8 heteroatoms. The molecule has 0 saturated carbocycles. The van der Waals surface area contributed by atoms with Crippen LogP contribution in [-0.2, 0) is 16.4 Å². The molecule has 30 heavy (non-hydrogen) atoms. The van der Waals surface area contributed by atoms with E-state index >= 15 is 0 Å². The second kappa shape index (κ2) is 9.07. The third-order valence-corrected chi connectivity index (χ3v) is 7.65. The summed E-state index contributed by atoms with van der Waals surface area (Å²) in [6, 6.07) is 14.0. The fourth-order valence-electron chi connectivity index (χ4n) is 3.72. The first kappa shape index (κ1) is 20.7. The van der Waals surface area contributed by atoms with Gasteiger partial charge in [-0.2, -0.15) is 0 Å². The van der Waals surface area contributed by atoms with Crippen molar-refractivity contribution in [2.45, 2.75) is 30.2 Å². The molecule has 1 aliphatic heterocycles. The molecule has 3 heterocycles. The predicted molar refractivity (Wildman–Crippen MR) is 117 cm³/mol. The SMILES string of the molecule is O=C(c1ccc(S(=O)(=O)NCCc2cccs2)cc1)N1CCC[C@H]1c1cccnc1. The Bertz CT molecular complexity index is 1080. The van der Waals surface area contributed by atoms with Crippen molar-refractivity contribution in [2.24, 2.45) is 0 Å². The van der Waals surface area contributed by atoms with Crippen LogP contribution in [0.4, 0.5) is 0 Å². The molecule has 2 aromatic heterocycles. The molecular weight excluding hydrogens is 418 g/mol. The van der Waals surface area contributed by atoms with Crippen LogP contribution in [0.25, 0.3) is 0 Å². The van der Waals surface area contributed by atoms with Gasteiger partial charge in [0.2, 0.25) is 10.0 Å². The molecule has 156 valence electrons. The minimum absolute atomic E-state index is 0.00790. The molecule has 0 spiro atoms. The van der Waals surface area contributed by atoms with E-state index in [-0.39, 0.29) is 16.8 Å². The Balaban J connectivity index is 1.43. The lowest BCUT2D eigenvalue weighted by Gasteiger charge is -2.25. The van der Waals surface area contributed by atoms with Gasteiger partial charge >= 0.3 is 0 Å². The number of hydrogen-bond donors (Lipinski definition) is 1. The van der Waals surface area contributed by atoms with Crippen LogP contribution in [0.3, 0.4) is 0 Å². The monoisotopic (exact) mass is 441 g/mol. The van der Waals surface area contributed by atoms with Crippen molar-refractivity contribution in [1.82, 2.24) is 14.6 Å². The molecule has 0 radical (unpaired) electrons. The summed E-state index contributed by atoms with van der Waals surface area (Å²) in [4.78, 5) is 20.3. The van der Waals surface area contributed by atoms with Gasteiger partial charge in [-0.25, -0.2) is 13.1 Å². The number of nitrogens with one attached hydrogen (secondary N) is 1. The van der Waals surface area contributed by atoms with Crippen LogP contribution in [0.5, 0.6) is 0 Å². The molecule has 1 aliphatic rings. The van der Waals surface area contributed by atoms with Gasteiger partial charge in [0, 0.05) is 35.9 Å². The lowest BCUT2D eigenvalue weighted by atomic mass is 10.1. The van der Waals surface area contributed by atoms with E-state index in [0.29, 0.717) is 25.1 Å². The van der Waals surface area contributed by atoms with Crippen LogP contribution in [0.15, 0.2) is 71.2 Å². The van der Waals surface area contributed by atoms with E-state index in [1.165, 1.54) is 12.1 Å². The van der Waals surface area contributed by atoms with Gasteiger partial charge in [-0.15, -0.1) is 11.3 Å². The molecule has 0 aliphatic carbocycles. The van der Waals surface area contributed by atoms with Crippen molar-refractivity contribution in [1.29, 1.82) is 0 Å². The summed E-state index contributed by atoms with van der Waals surface area (Å²) in [5, 5.41) is 1.97. The number of thiophene rings is 1. The van der Waals surface area contributed by atoms with Crippen LogP contribution in [0, 0.1) is 0 Å². The zero-order valence-corrected chi connectivity index (χ0v) is 18.0. The molecule has 1 atom stereocenters. The maximum atomic E-state index is 13.0. The van der Waals surface area contributed by atoms with Crippen LogP contribution < -0.4 is 4.72 Å².